The molecule has 210 valence electrons. The lowest BCUT2D eigenvalue weighted by molar-refractivity contribution is -0.143. The summed E-state index contributed by atoms with van der Waals surface area (Å²) in [5.41, 5.74) is 0. The van der Waals surface area contributed by atoms with Crippen molar-refractivity contribution >= 4 is 38.0 Å². The number of rotatable bonds is 20. The number of ether oxygens (including phenoxy) is 1. The van der Waals surface area contributed by atoms with E-state index in [0.29, 0.717) is 39.5 Å². The fraction of sp³-hybridized carbons (Fsp3) is 0.808. The highest BCUT2D eigenvalue weighted by atomic mass is 35.5. The lowest BCUT2D eigenvalue weighted by atomic mass is 10.2. The van der Waals surface area contributed by atoms with Gasteiger partial charge < -0.3 is 23.1 Å². The fourth-order valence-electron chi connectivity index (χ4n) is 2.94. The number of allylic oxidation sites excluding steroid dienone is 4. The Morgan fingerprint density at radius 1 is 0.800 bits per heavy atom. The van der Waals surface area contributed by atoms with Crippen LogP contribution in [0.5, 0.6) is 0 Å². The molecule has 0 spiro atoms. The van der Waals surface area contributed by atoms with Crippen LogP contribution in [0.25, 0.3) is 0 Å². The number of aliphatic hydroxyl groups excluding tert-OH is 1. The normalized spacial score (nSPS) is 11.2. The van der Waals surface area contributed by atoms with Crippen LogP contribution in [0.3, 0.4) is 0 Å². The number of carbonyl (C=O) groups excluding carboxylic acids is 1. The third-order valence-electron chi connectivity index (χ3n) is 4.49. The third kappa shape index (κ3) is 31.6. The van der Waals surface area contributed by atoms with Gasteiger partial charge in [-0.3, -0.25) is 4.79 Å². The second-order valence-electron chi connectivity index (χ2n) is 7.36. The Labute approximate surface area is 226 Å². The zero-order valence-electron chi connectivity index (χ0n) is 22.9. The minimum absolute atomic E-state index is 0.113. The standard InChI is InChI=1S/C18H36O5Si.C7H14O.CH2Cl2/c1-5-9-10-11-13-16-20-18(19)15-12-14-17-24(21-6-2,22-7-3)23-8-4;1-2-3-4-5-6-7-8;2-1-3/h5,9H,6-8,10-17H2,1-4H3;2-3,8H,4-7H2,1H3;1H2/b9-5+;3-2+;. The molecule has 35 heavy (non-hydrogen) atoms. The van der Waals surface area contributed by atoms with Gasteiger partial charge in [0.05, 0.1) is 11.9 Å². The Bertz CT molecular complexity index is 462. The first-order valence-corrected chi connectivity index (χ1v) is 16.0. The van der Waals surface area contributed by atoms with Gasteiger partial charge in [0.1, 0.15) is 0 Å². The Kier molecular flexibility index (Phi) is 37.5. The zero-order valence-corrected chi connectivity index (χ0v) is 25.4. The molecule has 0 bridgehead atoms. The van der Waals surface area contributed by atoms with Gasteiger partial charge in [0.2, 0.25) is 0 Å². The number of aliphatic hydroxyl groups is 1. The first-order chi connectivity index (χ1) is 17.0. The van der Waals surface area contributed by atoms with Crippen LogP contribution in [-0.4, -0.2) is 58.3 Å². The maximum Gasteiger partial charge on any atom is 0.500 e. The van der Waals surface area contributed by atoms with Crippen molar-refractivity contribution in [3.05, 3.63) is 24.3 Å². The molecule has 0 amide bonds. The summed E-state index contributed by atoms with van der Waals surface area (Å²) in [4.78, 5) is 11.7. The zero-order chi connectivity index (χ0) is 27.0. The average Bonchev–Trinajstić information content (AvgIpc) is 2.83. The lowest BCUT2D eigenvalue weighted by Crippen LogP contribution is -2.45. The molecule has 0 atom stereocenters. The van der Waals surface area contributed by atoms with Crippen molar-refractivity contribution in [3.8, 4) is 0 Å². The van der Waals surface area contributed by atoms with Gasteiger partial charge in [-0.25, -0.2) is 0 Å². The van der Waals surface area contributed by atoms with E-state index in [0.717, 1.165) is 57.4 Å². The summed E-state index contributed by atoms with van der Waals surface area (Å²) in [7, 11) is -2.57. The van der Waals surface area contributed by atoms with Gasteiger partial charge in [0, 0.05) is 38.9 Å². The van der Waals surface area contributed by atoms with Crippen molar-refractivity contribution < 1.29 is 27.9 Å². The summed E-state index contributed by atoms with van der Waals surface area (Å²) in [6.07, 6.45) is 16.6. The molecule has 0 aliphatic carbocycles. The molecule has 0 aromatic heterocycles. The van der Waals surface area contributed by atoms with E-state index in [4.69, 9.17) is 46.3 Å². The second kappa shape index (κ2) is 33.6. The van der Waals surface area contributed by atoms with Gasteiger partial charge >= 0.3 is 14.8 Å². The molecule has 0 aliphatic rings. The number of carbonyl (C=O) groups is 1. The fourth-order valence-corrected chi connectivity index (χ4v) is 5.63. The van der Waals surface area contributed by atoms with Crippen molar-refractivity contribution in [3.63, 3.8) is 0 Å². The SMILES string of the molecule is C/C=C/CCCCO.C/C=C/CCCCOC(=O)CCCC[Si](OCC)(OCC)OCC.ClCCl. The van der Waals surface area contributed by atoms with E-state index in [1.54, 1.807) is 0 Å². The number of esters is 1. The average molecular weight is 560 g/mol. The van der Waals surface area contributed by atoms with Gasteiger partial charge in [-0.2, -0.15) is 0 Å². The quantitative estimate of drug-likeness (QED) is 0.0543. The number of halogens is 2. The third-order valence-corrected chi connectivity index (χ3v) is 7.64. The predicted molar refractivity (Wildman–Crippen MR) is 151 cm³/mol. The molecule has 0 saturated heterocycles. The molecule has 0 aromatic rings. The van der Waals surface area contributed by atoms with Crippen molar-refractivity contribution in [2.24, 2.45) is 0 Å². The summed E-state index contributed by atoms with van der Waals surface area (Å²) < 4.78 is 22.7. The van der Waals surface area contributed by atoms with E-state index >= 15 is 0 Å². The lowest BCUT2D eigenvalue weighted by Gasteiger charge is -2.28. The van der Waals surface area contributed by atoms with E-state index in [-0.39, 0.29) is 11.3 Å². The minimum atomic E-state index is -2.57. The van der Waals surface area contributed by atoms with Crippen LogP contribution in [-0.2, 0) is 22.8 Å². The summed E-state index contributed by atoms with van der Waals surface area (Å²) in [5.74, 6) is -0.113. The van der Waals surface area contributed by atoms with Gasteiger partial charge in [0.15, 0.2) is 0 Å². The minimum Gasteiger partial charge on any atom is -0.466 e. The molecular weight excluding hydrogens is 507 g/mol. The first-order valence-electron chi connectivity index (χ1n) is 13.0. The van der Waals surface area contributed by atoms with Gasteiger partial charge in [-0.15, -0.1) is 23.2 Å². The molecule has 0 saturated carbocycles. The summed E-state index contributed by atoms with van der Waals surface area (Å²) >= 11 is 9.53. The highest BCUT2D eigenvalue weighted by Gasteiger charge is 2.39. The molecule has 1 N–H and O–H groups in total. The number of unbranched alkanes of at least 4 members (excludes halogenated alkanes) is 5. The topological polar surface area (TPSA) is 74.2 Å². The van der Waals surface area contributed by atoms with Crippen molar-refractivity contribution in [2.75, 3.05) is 38.4 Å². The number of hydrogen-bond acceptors (Lipinski definition) is 6. The van der Waals surface area contributed by atoms with Gasteiger partial charge in [0.25, 0.3) is 0 Å². The second-order valence-corrected chi connectivity index (χ2v) is 10.9. The van der Waals surface area contributed by atoms with Crippen LogP contribution in [0.1, 0.15) is 92.4 Å². The van der Waals surface area contributed by atoms with Crippen LogP contribution >= 0.6 is 23.2 Å². The molecule has 0 rings (SSSR count). The molecule has 9 heteroatoms. The highest BCUT2D eigenvalue weighted by Crippen LogP contribution is 2.20. The van der Waals surface area contributed by atoms with Crippen LogP contribution < -0.4 is 0 Å². The van der Waals surface area contributed by atoms with E-state index in [1.807, 2.05) is 46.8 Å². The molecule has 0 radical (unpaired) electrons. The van der Waals surface area contributed by atoms with E-state index in [9.17, 15) is 4.79 Å². The van der Waals surface area contributed by atoms with Gasteiger partial charge in [-0.05, 0) is 86.0 Å². The molecule has 0 fully saturated rings. The number of alkyl halides is 2. The largest absolute Gasteiger partial charge is 0.500 e. The van der Waals surface area contributed by atoms with Crippen molar-refractivity contribution in [1.29, 1.82) is 0 Å². The molecule has 0 unspecified atom stereocenters. The molecule has 6 nitrogen and oxygen atoms in total. The van der Waals surface area contributed by atoms with Crippen LogP contribution in [0.2, 0.25) is 6.04 Å². The smallest absolute Gasteiger partial charge is 0.466 e. The predicted octanol–water partition coefficient (Wildman–Crippen LogP) is 7.64. The molecule has 0 heterocycles. The van der Waals surface area contributed by atoms with Gasteiger partial charge in [-0.1, -0.05) is 24.3 Å². The van der Waals surface area contributed by atoms with Crippen LogP contribution in [0.4, 0.5) is 0 Å². The maximum atomic E-state index is 11.7. The van der Waals surface area contributed by atoms with Crippen LogP contribution in [0, 0.1) is 0 Å². The summed E-state index contributed by atoms with van der Waals surface area (Å²) in [6.45, 7) is 12.5. The summed E-state index contributed by atoms with van der Waals surface area (Å²) in [6, 6.07) is 0.749. The molecule has 0 aliphatic heterocycles. The molecule has 0 aromatic carbocycles. The Balaban J connectivity index is -0.000000772. The maximum absolute atomic E-state index is 11.7. The van der Waals surface area contributed by atoms with E-state index < -0.39 is 8.80 Å². The van der Waals surface area contributed by atoms with E-state index in [2.05, 4.69) is 12.2 Å². The summed E-state index contributed by atoms with van der Waals surface area (Å²) in [5, 5.41) is 8.54. The highest BCUT2D eigenvalue weighted by molar-refractivity contribution is 6.60. The first kappa shape index (κ1) is 39.1. The Morgan fingerprint density at radius 2 is 1.29 bits per heavy atom. The Hall–Kier alpha value is -0.413. The van der Waals surface area contributed by atoms with E-state index in [1.165, 1.54) is 0 Å². The number of hydrogen-bond donors (Lipinski definition) is 1. The van der Waals surface area contributed by atoms with Crippen molar-refractivity contribution in [1.82, 2.24) is 0 Å². The van der Waals surface area contributed by atoms with Crippen molar-refractivity contribution in [2.45, 2.75) is 98.5 Å². The molecular formula is C26H52Cl2O6Si. The Morgan fingerprint density at radius 3 is 1.71 bits per heavy atom. The van der Waals surface area contributed by atoms with Crippen LogP contribution in [0.15, 0.2) is 24.3 Å². The monoisotopic (exact) mass is 558 g/mol.